The quantitative estimate of drug-likeness (QED) is 0.687. The molecule has 2 aliphatic heterocycles. The van der Waals surface area contributed by atoms with Crippen molar-refractivity contribution < 1.29 is 9.59 Å². The SMILES string of the molecule is CN1CCN(CCC2CCNCC2)C(=O)C1=O. The maximum Gasteiger partial charge on any atom is 0.312 e. The summed E-state index contributed by atoms with van der Waals surface area (Å²) in [5.74, 6) is 0.0213. The van der Waals surface area contributed by atoms with Crippen molar-refractivity contribution in [3.63, 3.8) is 0 Å². The summed E-state index contributed by atoms with van der Waals surface area (Å²) in [6.45, 7) is 4.26. The fourth-order valence-corrected chi connectivity index (χ4v) is 2.49. The van der Waals surface area contributed by atoms with E-state index in [0.717, 1.165) is 26.1 Å². The lowest BCUT2D eigenvalue weighted by Crippen LogP contribution is -2.53. The van der Waals surface area contributed by atoms with Gasteiger partial charge in [-0.15, -0.1) is 0 Å². The Morgan fingerprint density at radius 2 is 1.88 bits per heavy atom. The summed E-state index contributed by atoms with van der Waals surface area (Å²) < 4.78 is 0. The Kier molecular flexibility index (Phi) is 3.99. The van der Waals surface area contributed by atoms with E-state index < -0.39 is 0 Å². The van der Waals surface area contributed by atoms with Crippen molar-refractivity contribution in [1.82, 2.24) is 15.1 Å². The van der Waals surface area contributed by atoms with Gasteiger partial charge in [0.15, 0.2) is 0 Å². The number of nitrogens with one attached hydrogen (secondary N) is 1. The fourth-order valence-electron chi connectivity index (χ4n) is 2.49. The molecular formula is C12H21N3O2. The molecular weight excluding hydrogens is 218 g/mol. The highest BCUT2D eigenvalue weighted by atomic mass is 16.2. The highest BCUT2D eigenvalue weighted by Gasteiger charge is 2.30. The van der Waals surface area contributed by atoms with Gasteiger partial charge in [0.2, 0.25) is 0 Å². The van der Waals surface area contributed by atoms with E-state index in [1.165, 1.54) is 17.7 Å². The van der Waals surface area contributed by atoms with E-state index in [4.69, 9.17) is 0 Å². The molecule has 2 heterocycles. The predicted octanol–water partition coefficient (Wildman–Crippen LogP) is -0.323. The standard InChI is InChI=1S/C12H21N3O2/c1-14-8-9-15(12(17)11(14)16)7-4-10-2-5-13-6-3-10/h10,13H,2-9H2,1H3. The molecule has 0 aliphatic carbocycles. The second-order valence-corrected chi connectivity index (χ2v) is 5.00. The van der Waals surface area contributed by atoms with Crippen molar-refractivity contribution in [1.29, 1.82) is 0 Å². The van der Waals surface area contributed by atoms with Gasteiger partial charge >= 0.3 is 11.8 Å². The molecule has 0 unspecified atom stereocenters. The minimum atomic E-state index is -0.360. The summed E-state index contributed by atoms with van der Waals surface area (Å²) in [6, 6.07) is 0. The average Bonchev–Trinajstić information content (AvgIpc) is 2.36. The average molecular weight is 239 g/mol. The number of amides is 2. The van der Waals surface area contributed by atoms with Crippen molar-refractivity contribution in [2.24, 2.45) is 5.92 Å². The van der Waals surface area contributed by atoms with Gasteiger partial charge in [-0.3, -0.25) is 9.59 Å². The van der Waals surface area contributed by atoms with Crippen LogP contribution in [0.2, 0.25) is 0 Å². The third kappa shape index (κ3) is 2.97. The molecule has 5 heteroatoms. The summed E-state index contributed by atoms with van der Waals surface area (Å²) in [4.78, 5) is 26.5. The molecule has 0 atom stereocenters. The summed E-state index contributed by atoms with van der Waals surface area (Å²) in [6.07, 6.45) is 3.41. The van der Waals surface area contributed by atoms with Gasteiger partial charge in [0.25, 0.3) is 0 Å². The van der Waals surface area contributed by atoms with Gasteiger partial charge in [0.05, 0.1) is 0 Å². The molecule has 96 valence electrons. The van der Waals surface area contributed by atoms with Crippen molar-refractivity contribution in [3.05, 3.63) is 0 Å². The Morgan fingerprint density at radius 1 is 1.18 bits per heavy atom. The summed E-state index contributed by atoms with van der Waals surface area (Å²) in [7, 11) is 1.68. The Hall–Kier alpha value is -1.10. The molecule has 0 aromatic rings. The largest absolute Gasteiger partial charge is 0.336 e. The van der Waals surface area contributed by atoms with Crippen LogP contribution < -0.4 is 5.32 Å². The number of hydrogen-bond donors (Lipinski definition) is 1. The zero-order valence-electron chi connectivity index (χ0n) is 10.4. The Labute approximate surface area is 102 Å². The van der Waals surface area contributed by atoms with Crippen molar-refractivity contribution >= 4 is 11.8 Å². The van der Waals surface area contributed by atoms with Gasteiger partial charge in [-0.1, -0.05) is 0 Å². The van der Waals surface area contributed by atoms with Crippen molar-refractivity contribution in [2.45, 2.75) is 19.3 Å². The smallest absolute Gasteiger partial charge is 0.312 e. The van der Waals surface area contributed by atoms with Gasteiger partial charge in [0, 0.05) is 26.7 Å². The lowest BCUT2D eigenvalue weighted by atomic mass is 9.94. The summed E-state index contributed by atoms with van der Waals surface area (Å²) in [5, 5.41) is 3.33. The molecule has 17 heavy (non-hydrogen) atoms. The monoisotopic (exact) mass is 239 g/mol. The highest BCUT2D eigenvalue weighted by molar-refractivity contribution is 6.35. The lowest BCUT2D eigenvalue weighted by molar-refractivity contribution is -0.155. The summed E-state index contributed by atoms with van der Waals surface area (Å²) >= 11 is 0. The zero-order chi connectivity index (χ0) is 12.3. The van der Waals surface area contributed by atoms with E-state index in [1.54, 1.807) is 11.9 Å². The lowest BCUT2D eigenvalue weighted by Gasteiger charge is -2.33. The normalized spacial score (nSPS) is 23.4. The number of piperazine rings is 1. The number of hydrogen-bond acceptors (Lipinski definition) is 3. The molecule has 5 nitrogen and oxygen atoms in total. The second kappa shape index (κ2) is 5.49. The minimum Gasteiger partial charge on any atom is -0.336 e. The molecule has 0 saturated carbocycles. The maximum atomic E-state index is 11.7. The zero-order valence-corrected chi connectivity index (χ0v) is 10.4. The first-order valence-corrected chi connectivity index (χ1v) is 6.43. The topological polar surface area (TPSA) is 52.6 Å². The molecule has 2 saturated heterocycles. The van der Waals surface area contributed by atoms with Crippen molar-refractivity contribution in [3.8, 4) is 0 Å². The van der Waals surface area contributed by atoms with Crippen LogP contribution in [-0.2, 0) is 9.59 Å². The number of carbonyl (C=O) groups is 2. The first-order valence-electron chi connectivity index (χ1n) is 6.43. The number of nitrogens with zero attached hydrogens (tertiary/aromatic N) is 2. The number of carbonyl (C=O) groups excluding carboxylic acids is 2. The van der Waals surface area contributed by atoms with Gasteiger partial charge in [0.1, 0.15) is 0 Å². The number of piperidine rings is 1. The summed E-state index contributed by atoms with van der Waals surface area (Å²) in [5.41, 5.74) is 0. The third-order valence-electron chi connectivity index (χ3n) is 3.79. The van der Waals surface area contributed by atoms with Crippen molar-refractivity contribution in [2.75, 3.05) is 39.8 Å². The van der Waals surface area contributed by atoms with E-state index in [0.29, 0.717) is 19.0 Å². The molecule has 0 aromatic carbocycles. The van der Waals surface area contributed by atoms with E-state index in [2.05, 4.69) is 5.32 Å². The molecule has 2 fully saturated rings. The van der Waals surface area contributed by atoms with Crippen LogP contribution >= 0.6 is 0 Å². The maximum absolute atomic E-state index is 11.7. The van der Waals surface area contributed by atoms with Crippen LogP contribution in [0.4, 0.5) is 0 Å². The molecule has 2 amide bonds. The van der Waals surface area contributed by atoms with E-state index >= 15 is 0 Å². The first kappa shape index (κ1) is 12.4. The van der Waals surface area contributed by atoms with E-state index in [-0.39, 0.29) is 11.8 Å². The van der Waals surface area contributed by atoms with Gasteiger partial charge in [-0.05, 0) is 38.3 Å². The number of likely N-dealkylation sites (N-methyl/N-ethyl adjacent to an activating group) is 1. The fraction of sp³-hybridized carbons (Fsp3) is 0.833. The Morgan fingerprint density at radius 3 is 2.59 bits per heavy atom. The molecule has 2 aliphatic rings. The van der Waals surface area contributed by atoms with Crippen LogP contribution in [0.1, 0.15) is 19.3 Å². The Balaban J connectivity index is 1.78. The molecule has 0 bridgehead atoms. The minimum absolute atomic E-state index is 0.326. The van der Waals surface area contributed by atoms with E-state index in [1.807, 2.05) is 0 Å². The van der Waals surface area contributed by atoms with Crippen LogP contribution in [0.3, 0.4) is 0 Å². The third-order valence-corrected chi connectivity index (χ3v) is 3.79. The van der Waals surface area contributed by atoms with E-state index in [9.17, 15) is 9.59 Å². The van der Waals surface area contributed by atoms with Crippen LogP contribution in [0.5, 0.6) is 0 Å². The first-order chi connectivity index (χ1) is 8.18. The molecule has 0 radical (unpaired) electrons. The second-order valence-electron chi connectivity index (χ2n) is 5.00. The van der Waals surface area contributed by atoms with Crippen LogP contribution in [0, 0.1) is 5.92 Å². The highest BCUT2D eigenvalue weighted by Crippen LogP contribution is 2.17. The molecule has 2 rings (SSSR count). The molecule has 0 spiro atoms. The number of rotatable bonds is 3. The van der Waals surface area contributed by atoms with Crippen LogP contribution in [0.25, 0.3) is 0 Å². The Bertz CT molecular complexity index is 300. The molecule has 0 aromatic heterocycles. The van der Waals surface area contributed by atoms with Gasteiger partial charge in [-0.2, -0.15) is 0 Å². The van der Waals surface area contributed by atoms with Crippen LogP contribution in [-0.4, -0.2) is 61.4 Å². The van der Waals surface area contributed by atoms with Gasteiger partial charge < -0.3 is 15.1 Å². The predicted molar refractivity (Wildman–Crippen MR) is 64.4 cm³/mol. The molecule has 1 N–H and O–H groups in total. The van der Waals surface area contributed by atoms with Crippen LogP contribution in [0.15, 0.2) is 0 Å². The van der Waals surface area contributed by atoms with Gasteiger partial charge in [-0.25, -0.2) is 0 Å².